The molecular formula is C48H60N6O10S. The van der Waals surface area contributed by atoms with Crippen molar-refractivity contribution in [3.63, 3.8) is 0 Å². The molecule has 5 fully saturated rings. The first-order valence-electron chi connectivity index (χ1n) is 23.2. The van der Waals surface area contributed by atoms with E-state index >= 15 is 4.79 Å². The number of hydrogen-bond acceptors (Lipinski definition) is 12. The lowest BCUT2D eigenvalue weighted by atomic mass is 9.88. The number of pyridine rings is 2. The number of nitrogens with zero attached hydrogens (tertiary/aromatic N) is 3. The Kier molecular flexibility index (Phi) is 12.2. The third kappa shape index (κ3) is 9.75. The molecule has 1 saturated heterocycles. The Labute approximate surface area is 380 Å². The van der Waals surface area contributed by atoms with Crippen molar-refractivity contribution in [2.45, 2.75) is 133 Å². The summed E-state index contributed by atoms with van der Waals surface area (Å²) < 4.78 is 52.3. The number of alkyl carbamates (subject to hydrolysis) is 1. The number of ether oxygens (including phenoxy) is 4. The molecular weight excluding hydrogens is 853 g/mol. The highest BCUT2D eigenvalue weighted by Gasteiger charge is 2.62. The smallest absolute Gasteiger partial charge is 0.408 e. The monoisotopic (exact) mass is 912 g/mol. The van der Waals surface area contributed by atoms with Crippen molar-refractivity contribution in [1.29, 1.82) is 0 Å². The molecule has 348 valence electrons. The summed E-state index contributed by atoms with van der Waals surface area (Å²) >= 11 is 0. The van der Waals surface area contributed by atoms with Crippen molar-refractivity contribution in [1.82, 2.24) is 30.2 Å². The van der Waals surface area contributed by atoms with Gasteiger partial charge >= 0.3 is 6.09 Å². The first kappa shape index (κ1) is 44.7. The molecule has 3 N–H and O–H groups in total. The van der Waals surface area contributed by atoms with Gasteiger partial charge in [-0.2, -0.15) is 0 Å². The van der Waals surface area contributed by atoms with Crippen molar-refractivity contribution in [3.05, 3.63) is 54.7 Å². The summed E-state index contributed by atoms with van der Waals surface area (Å²) in [7, 11) is -2.35. The van der Waals surface area contributed by atoms with Crippen LogP contribution in [-0.4, -0.2) is 102 Å². The van der Waals surface area contributed by atoms with E-state index in [1.165, 1.54) is 4.90 Å². The average Bonchev–Trinajstić information content (AvgIpc) is 4.23. The molecule has 10 atom stereocenters. The summed E-state index contributed by atoms with van der Waals surface area (Å²) in [4.78, 5) is 68.4. The van der Waals surface area contributed by atoms with E-state index < -0.39 is 68.7 Å². The van der Waals surface area contributed by atoms with Crippen LogP contribution in [0.25, 0.3) is 22.0 Å². The molecule has 2 unspecified atom stereocenters. The molecule has 0 bridgehead atoms. The van der Waals surface area contributed by atoms with Crippen LogP contribution in [0.1, 0.15) is 91.9 Å². The standard InChI is InChI=1S/C48H60N6O10S/c1-26(2)62-41-15-10-29(24-49-41)39-21-32-20-34(61-5)11-14-38(32)44(50-39)63-36-22-40-43(55)52-48(46(57)53-65(59,60)37-12-13-37)23-33(48)9-7-6-8-27(3)16-28(4)42(45(56)54(40)25-36)51-47(58)64-35-18-30-17-31(30)19-35/h7,9-11,14-15,20-21,24,26-28,30-31,33,35-37,40,42H,6,8,12-13,16-19,22-23,25H2,1-5H3,(H,51,58)(H,52,55)(H,53,57)/b9-7-/t27-,28+,30-,31+,33?,35+,36?,40-,42-,48+/m0/s1. The minimum absolute atomic E-state index is 0.00923. The summed E-state index contributed by atoms with van der Waals surface area (Å²) in [6.07, 6.45) is 9.78. The van der Waals surface area contributed by atoms with E-state index in [-0.39, 0.29) is 49.3 Å². The number of sulfonamides is 1. The lowest BCUT2D eigenvalue weighted by Crippen LogP contribution is -2.59. The van der Waals surface area contributed by atoms with Crippen molar-refractivity contribution in [2.75, 3.05) is 13.7 Å². The van der Waals surface area contributed by atoms with Crippen LogP contribution in [-0.2, 0) is 29.1 Å². The van der Waals surface area contributed by atoms with Crippen LogP contribution in [0.5, 0.6) is 17.5 Å². The Morgan fingerprint density at radius 1 is 0.969 bits per heavy atom. The van der Waals surface area contributed by atoms with Crippen LogP contribution in [0, 0.1) is 29.6 Å². The van der Waals surface area contributed by atoms with Crippen LogP contribution in [0.4, 0.5) is 4.79 Å². The minimum atomic E-state index is -3.93. The second-order valence-corrected chi connectivity index (χ2v) is 21.5. The van der Waals surface area contributed by atoms with E-state index in [9.17, 15) is 22.8 Å². The van der Waals surface area contributed by atoms with Gasteiger partial charge in [0.25, 0.3) is 5.91 Å². The number of hydrogen-bond donors (Lipinski definition) is 3. The van der Waals surface area contributed by atoms with Crippen molar-refractivity contribution < 1.29 is 46.5 Å². The molecule has 0 spiro atoms. The number of rotatable bonds is 11. The number of methoxy groups -OCH3 is 1. The molecule has 16 nitrogen and oxygen atoms in total. The van der Waals surface area contributed by atoms with Gasteiger partial charge in [0.05, 0.1) is 30.7 Å². The highest BCUT2D eigenvalue weighted by atomic mass is 32.2. The summed E-state index contributed by atoms with van der Waals surface area (Å²) in [5.41, 5.74) is -0.290. The second-order valence-electron chi connectivity index (χ2n) is 19.6. The predicted molar refractivity (Wildman–Crippen MR) is 240 cm³/mol. The lowest BCUT2D eigenvalue weighted by Gasteiger charge is -2.33. The minimum Gasteiger partial charge on any atom is -0.497 e. The number of amides is 4. The molecule has 4 saturated carbocycles. The molecule has 4 aliphatic carbocycles. The number of aromatic nitrogens is 2. The molecule has 2 aliphatic heterocycles. The average molecular weight is 913 g/mol. The fraction of sp³-hybridized carbons (Fsp3) is 0.583. The van der Waals surface area contributed by atoms with Gasteiger partial charge in [0.2, 0.25) is 33.6 Å². The summed E-state index contributed by atoms with van der Waals surface area (Å²) in [6, 6.07) is 8.83. The molecule has 0 radical (unpaired) electrons. The molecule has 9 rings (SSSR count). The Balaban J connectivity index is 1.05. The fourth-order valence-corrected chi connectivity index (χ4v) is 11.5. The highest BCUT2D eigenvalue weighted by molar-refractivity contribution is 7.91. The maximum Gasteiger partial charge on any atom is 0.408 e. The van der Waals surface area contributed by atoms with E-state index in [0.29, 0.717) is 65.8 Å². The van der Waals surface area contributed by atoms with Crippen LogP contribution in [0.15, 0.2) is 54.7 Å². The van der Waals surface area contributed by atoms with Crippen molar-refractivity contribution in [2.24, 2.45) is 29.6 Å². The number of carbonyl (C=O) groups is 4. The zero-order chi connectivity index (χ0) is 45.8. The van der Waals surface area contributed by atoms with E-state index in [1.807, 2.05) is 57.2 Å². The zero-order valence-electron chi connectivity index (χ0n) is 37.7. The number of benzene rings is 1. The van der Waals surface area contributed by atoms with Crippen LogP contribution in [0.2, 0.25) is 0 Å². The van der Waals surface area contributed by atoms with Gasteiger partial charge in [-0.3, -0.25) is 19.1 Å². The topological polar surface area (TPSA) is 204 Å². The van der Waals surface area contributed by atoms with Gasteiger partial charge in [-0.15, -0.1) is 0 Å². The third-order valence-corrected chi connectivity index (χ3v) is 15.9. The van der Waals surface area contributed by atoms with E-state index in [1.54, 1.807) is 25.4 Å². The number of allylic oxidation sites excluding steroid dienone is 1. The van der Waals surface area contributed by atoms with Crippen LogP contribution in [0.3, 0.4) is 0 Å². The van der Waals surface area contributed by atoms with Gasteiger partial charge in [-0.25, -0.2) is 23.2 Å². The maximum atomic E-state index is 15.2. The Morgan fingerprint density at radius 2 is 1.75 bits per heavy atom. The van der Waals surface area contributed by atoms with E-state index in [2.05, 4.69) is 27.3 Å². The van der Waals surface area contributed by atoms with E-state index in [4.69, 9.17) is 23.9 Å². The molecule has 4 amide bonds. The van der Waals surface area contributed by atoms with Crippen LogP contribution < -0.4 is 29.6 Å². The van der Waals surface area contributed by atoms with Crippen molar-refractivity contribution in [3.8, 4) is 28.8 Å². The highest BCUT2D eigenvalue weighted by Crippen LogP contribution is 2.52. The summed E-state index contributed by atoms with van der Waals surface area (Å²) in [5.74, 6) is -0.0477. The molecule has 3 aromatic rings. The maximum absolute atomic E-state index is 15.2. The first-order valence-corrected chi connectivity index (χ1v) is 24.7. The molecule has 17 heteroatoms. The molecule has 1 aromatic carbocycles. The molecule has 65 heavy (non-hydrogen) atoms. The predicted octanol–water partition coefficient (Wildman–Crippen LogP) is 5.83. The largest absolute Gasteiger partial charge is 0.497 e. The fourth-order valence-electron chi connectivity index (χ4n) is 10.1. The zero-order valence-corrected chi connectivity index (χ0v) is 38.5. The summed E-state index contributed by atoms with van der Waals surface area (Å²) in [5, 5.41) is 6.65. The number of fused-ring (bicyclic) bond motifs is 4. The number of carbonyl (C=O) groups excluding carboxylic acids is 4. The summed E-state index contributed by atoms with van der Waals surface area (Å²) in [6.45, 7) is 7.82. The Hall–Kier alpha value is -5.45. The Bertz CT molecular complexity index is 2470. The van der Waals surface area contributed by atoms with Gasteiger partial charge in [0.15, 0.2) is 0 Å². The normalized spacial score (nSPS) is 31.6. The van der Waals surface area contributed by atoms with Gasteiger partial charge in [0.1, 0.15) is 35.6 Å². The van der Waals surface area contributed by atoms with Gasteiger partial charge in [0, 0.05) is 35.6 Å². The SMILES string of the molecule is COc1ccc2c(OC3C[C@H]4C(=O)N[C@]5(C(=O)NS(=O)(=O)C6CC6)CC5/C=C\CC[C@H](C)C[C@@H](C)[C@H](NC(=O)O[C@@H]5C[C@@H]6C[C@@H]6C5)C(=O)N4C3)nc(-c3ccc(OC(C)C)nc3)cc2c1. The number of nitrogens with one attached hydrogen (secondary N) is 3. The van der Waals surface area contributed by atoms with Gasteiger partial charge in [-0.05, 0) is 131 Å². The third-order valence-electron chi connectivity index (χ3n) is 14.0. The van der Waals surface area contributed by atoms with Crippen LogP contribution >= 0.6 is 0 Å². The van der Waals surface area contributed by atoms with E-state index in [0.717, 1.165) is 31.1 Å². The lowest BCUT2D eigenvalue weighted by molar-refractivity contribution is -0.142. The Morgan fingerprint density at radius 3 is 2.46 bits per heavy atom. The van der Waals surface area contributed by atoms with Gasteiger partial charge in [-0.1, -0.05) is 26.0 Å². The molecule has 6 aliphatic rings. The van der Waals surface area contributed by atoms with Crippen molar-refractivity contribution >= 4 is 44.6 Å². The molecule has 2 aromatic heterocycles. The first-order chi connectivity index (χ1) is 31.1. The molecule has 4 heterocycles. The second kappa shape index (κ2) is 17.7. The quantitative estimate of drug-likeness (QED) is 0.195. The van der Waals surface area contributed by atoms with Gasteiger partial charge < -0.3 is 34.5 Å².